The van der Waals surface area contributed by atoms with Gasteiger partial charge in [0.05, 0.1) is 17.6 Å². The van der Waals surface area contributed by atoms with Crippen molar-refractivity contribution in [1.82, 2.24) is 19.9 Å². The smallest absolute Gasteiger partial charge is 0.231 e. The minimum Gasteiger partial charge on any atom is -0.356 e. The average Bonchev–Trinajstić information content (AvgIpc) is 3.31. The summed E-state index contributed by atoms with van der Waals surface area (Å²) in [5.41, 5.74) is 8.61. The zero-order valence-corrected chi connectivity index (χ0v) is 20.3. The number of amides is 1. The van der Waals surface area contributed by atoms with E-state index in [0.29, 0.717) is 22.9 Å². The third-order valence-corrected chi connectivity index (χ3v) is 6.07. The molecule has 5 aromatic rings. The van der Waals surface area contributed by atoms with Crippen molar-refractivity contribution in [2.45, 2.75) is 48.0 Å². The number of pyridine rings is 1. The number of nitrogens with one attached hydrogen (secondary N) is 1. The lowest BCUT2D eigenvalue weighted by Gasteiger charge is -2.12. The molecule has 0 atom stereocenters. The minimum absolute atomic E-state index is 0.101. The number of carbonyl (C=O) groups is 1. The van der Waals surface area contributed by atoms with Crippen molar-refractivity contribution in [3.05, 3.63) is 75.6 Å². The van der Waals surface area contributed by atoms with Crippen LogP contribution < -0.4 is 5.32 Å². The normalized spacial score (nSPS) is 11.5. The maximum atomic E-state index is 13.0. The van der Waals surface area contributed by atoms with Crippen molar-refractivity contribution < 1.29 is 9.32 Å². The van der Waals surface area contributed by atoms with Crippen molar-refractivity contribution >= 4 is 33.6 Å². The van der Waals surface area contributed by atoms with E-state index in [-0.39, 0.29) is 12.3 Å². The molecule has 0 aliphatic heterocycles. The van der Waals surface area contributed by atoms with Crippen LogP contribution in [-0.4, -0.2) is 25.8 Å². The summed E-state index contributed by atoms with van der Waals surface area (Å²) >= 11 is 0. The maximum absolute atomic E-state index is 13.0. The summed E-state index contributed by atoms with van der Waals surface area (Å²) in [5.74, 6) is 1.04. The third kappa shape index (κ3) is 3.83. The molecule has 0 bridgehead atoms. The molecule has 1 N–H and O–H groups in total. The van der Waals surface area contributed by atoms with Gasteiger partial charge >= 0.3 is 0 Å². The number of benzene rings is 2. The lowest BCUT2D eigenvalue weighted by Crippen LogP contribution is -2.18. The summed E-state index contributed by atoms with van der Waals surface area (Å²) in [6, 6.07) is 12.1. The van der Waals surface area contributed by atoms with E-state index in [1.807, 2.05) is 39.0 Å². The minimum atomic E-state index is -0.194. The molecule has 7 heteroatoms. The Kier molecular flexibility index (Phi) is 5.20. The number of aryl methyl sites for hydroxylation is 6. The number of nitrogens with zero attached hydrogens (tertiary/aromatic N) is 4. The van der Waals surface area contributed by atoms with E-state index < -0.39 is 0 Å². The molecule has 0 aliphatic rings. The van der Waals surface area contributed by atoms with Crippen LogP contribution in [0.5, 0.6) is 0 Å². The van der Waals surface area contributed by atoms with Crippen molar-refractivity contribution in [1.29, 1.82) is 0 Å². The number of hydrogen-bond acceptors (Lipinski definition) is 5. The maximum Gasteiger partial charge on any atom is 0.231 e. The highest BCUT2D eigenvalue weighted by Crippen LogP contribution is 2.27. The second kappa shape index (κ2) is 8.09. The van der Waals surface area contributed by atoms with Crippen molar-refractivity contribution in [3.63, 3.8) is 0 Å². The van der Waals surface area contributed by atoms with Gasteiger partial charge in [-0.15, -0.1) is 0 Å². The standard InChI is InChI=1S/C27H27N5O2/c1-14-8-18(5)27-20(9-14)16(3)11-23(29-27)32-24(12-19(6)30-32)28-25(33)13-21-26-17(4)7-15(2)10-22(26)34-31-21/h7-12H,13H2,1-6H3,(H,28,33). The Hall–Kier alpha value is -4.00. The lowest BCUT2D eigenvalue weighted by molar-refractivity contribution is -0.115. The van der Waals surface area contributed by atoms with Gasteiger partial charge in [0.2, 0.25) is 5.91 Å². The molecule has 0 saturated carbocycles. The van der Waals surface area contributed by atoms with Crippen molar-refractivity contribution in [3.8, 4) is 5.82 Å². The highest BCUT2D eigenvalue weighted by molar-refractivity contribution is 5.95. The summed E-state index contributed by atoms with van der Waals surface area (Å²) in [5, 5.41) is 13.8. The van der Waals surface area contributed by atoms with Crippen LogP contribution in [0.25, 0.3) is 27.7 Å². The van der Waals surface area contributed by atoms with Gasteiger partial charge in [-0.25, -0.2) is 4.98 Å². The van der Waals surface area contributed by atoms with E-state index in [1.54, 1.807) is 4.68 Å². The van der Waals surface area contributed by atoms with Gasteiger partial charge in [0.1, 0.15) is 11.5 Å². The van der Waals surface area contributed by atoms with Crippen molar-refractivity contribution in [2.75, 3.05) is 5.32 Å². The van der Waals surface area contributed by atoms with E-state index in [1.165, 1.54) is 5.56 Å². The van der Waals surface area contributed by atoms with Crippen LogP contribution in [0.1, 0.15) is 39.2 Å². The van der Waals surface area contributed by atoms with Gasteiger partial charge in [-0.1, -0.05) is 22.9 Å². The molecule has 0 spiro atoms. The lowest BCUT2D eigenvalue weighted by atomic mass is 10.0. The zero-order chi connectivity index (χ0) is 24.1. The highest BCUT2D eigenvalue weighted by Gasteiger charge is 2.18. The number of carbonyl (C=O) groups excluding carboxylic acids is 1. The average molecular weight is 454 g/mol. The van der Waals surface area contributed by atoms with E-state index in [4.69, 9.17) is 9.51 Å². The molecule has 1 amide bonds. The molecular formula is C27H27N5O2. The van der Waals surface area contributed by atoms with Gasteiger partial charge in [0.25, 0.3) is 0 Å². The van der Waals surface area contributed by atoms with E-state index in [0.717, 1.165) is 44.2 Å². The largest absolute Gasteiger partial charge is 0.356 e. The first-order valence-electron chi connectivity index (χ1n) is 11.3. The summed E-state index contributed by atoms with van der Waals surface area (Å²) in [6.07, 6.45) is 0.101. The van der Waals surface area contributed by atoms with Gasteiger partial charge in [0, 0.05) is 16.8 Å². The fourth-order valence-electron chi connectivity index (χ4n) is 4.68. The number of rotatable bonds is 4. The van der Waals surface area contributed by atoms with Crippen LogP contribution in [0, 0.1) is 41.5 Å². The van der Waals surface area contributed by atoms with Crippen molar-refractivity contribution in [2.24, 2.45) is 0 Å². The Balaban J connectivity index is 1.48. The molecule has 5 rings (SSSR count). The molecule has 3 heterocycles. The summed E-state index contributed by atoms with van der Waals surface area (Å²) in [4.78, 5) is 17.9. The molecule has 0 radical (unpaired) electrons. The molecule has 2 aromatic carbocycles. The molecule has 7 nitrogen and oxygen atoms in total. The Morgan fingerprint density at radius 1 is 0.912 bits per heavy atom. The topological polar surface area (TPSA) is 85.8 Å². The Morgan fingerprint density at radius 3 is 2.44 bits per heavy atom. The van der Waals surface area contributed by atoms with Gasteiger partial charge < -0.3 is 9.84 Å². The molecular weight excluding hydrogens is 426 g/mol. The van der Waals surface area contributed by atoms with Gasteiger partial charge in [-0.3, -0.25) is 4.79 Å². The third-order valence-electron chi connectivity index (χ3n) is 6.07. The number of aromatic nitrogens is 4. The number of fused-ring (bicyclic) bond motifs is 2. The number of hydrogen-bond donors (Lipinski definition) is 1. The molecule has 0 fully saturated rings. The molecule has 0 aliphatic carbocycles. The highest BCUT2D eigenvalue weighted by atomic mass is 16.5. The van der Waals surface area contributed by atoms with Crippen LogP contribution in [0.15, 0.2) is 40.9 Å². The molecule has 3 aromatic heterocycles. The fraction of sp³-hybridized carbons (Fsp3) is 0.259. The Bertz CT molecular complexity index is 1590. The summed E-state index contributed by atoms with van der Waals surface area (Å²) in [7, 11) is 0. The molecule has 0 saturated heterocycles. The molecule has 0 unspecified atom stereocenters. The van der Waals surface area contributed by atoms with E-state index >= 15 is 0 Å². The second-order valence-electron chi connectivity index (χ2n) is 9.17. The monoisotopic (exact) mass is 453 g/mol. The van der Waals surface area contributed by atoms with Crippen LogP contribution in [0.4, 0.5) is 5.82 Å². The second-order valence-corrected chi connectivity index (χ2v) is 9.17. The predicted molar refractivity (Wildman–Crippen MR) is 134 cm³/mol. The first-order chi connectivity index (χ1) is 16.2. The van der Waals surface area contributed by atoms with Gasteiger partial charge in [-0.2, -0.15) is 9.78 Å². The van der Waals surface area contributed by atoms with Gasteiger partial charge in [-0.05, 0) is 82.0 Å². The SMILES string of the molecule is Cc1cc(C)c2c(CC(=O)Nc3cc(C)nn3-c3cc(C)c4cc(C)cc(C)c4n3)noc2c1. The van der Waals surface area contributed by atoms with Crippen LogP contribution in [0.2, 0.25) is 0 Å². The first-order valence-corrected chi connectivity index (χ1v) is 11.3. The summed E-state index contributed by atoms with van der Waals surface area (Å²) < 4.78 is 7.16. The van der Waals surface area contributed by atoms with Crippen LogP contribution >= 0.6 is 0 Å². The van der Waals surface area contributed by atoms with Gasteiger partial charge in [0.15, 0.2) is 11.4 Å². The first kappa shape index (κ1) is 21.8. The Morgan fingerprint density at radius 2 is 1.65 bits per heavy atom. The summed E-state index contributed by atoms with van der Waals surface area (Å²) in [6.45, 7) is 12.1. The fourth-order valence-corrected chi connectivity index (χ4v) is 4.68. The van der Waals surface area contributed by atoms with Crippen LogP contribution in [0.3, 0.4) is 0 Å². The molecule has 172 valence electrons. The van der Waals surface area contributed by atoms with E-state index in [2.05, 4.69) is 54.5 Å². The zero-order valence-electron chi connectivity index (χ0n) is 20.3. The van der Waals surface area contributed by atoms with E-state index in [9.17, 15) is 4.79 Å². The Labute approximate surface area is 197 Å². The quantitative estimate of drug-likeness (QED) is 0.383. The molecule has 34 heavy (non-hydrogen) atoms. The number of anilines is 1. The predicted octanol–water partition coefficient (Wildman–Crippen LogP) is 5.59. The van der Waals surface area contributed by atoms with Crippen LogP contribution in [-0.2, 0) is 11.2 Å².